The number of rotatable bonds is 3. The maximum absolute atomic E-state index is 6.39. The molecule has 1 spiro atoms. The van der Waals surface area contributed by atoms with Crippen LogP contribution in [-0.2, 0) is 16.8 Å². The predicted molar refractivity (Wildman–Crippen MR) is 105 cm³/mol. The molecule has 5 rings (SSSR count). The van der Waals surface area contributed by atoms with Gasteiger partial charge in [-0.3, -0.25) is 4.40 Å². The Morgan fingerprint density at radius 1 is 1.04 bits per heavy atom. The summed E-state index contributed by atoms with van der Waals surface area (Å²) in [5.74, 6) is 2.44. The molecule has 1 aromatic carbocycles. The van der Waals surface area contributed by atoms with Crippen molar-refractivity contribution < 1.29 is 14.2 Å². The molecule has 0 bridgehead atoms. The van der Waals surface area contributed by atoms with Crippen LogP contribution in [0.2, 0.25) is 0 Å². The summed E-state index contributed by atoms with van der Waals surface area (Å²) in [5, 5.41) is 8.69. The molecule has 7 heteroatoms. The van der Waals surface area contributed by atoms with Gasteiger partial charge in [-0.15, -0.1) is 10.2 Å². The molecule has 0 N–H and O–H groups in total. The highest BCUT2D eigenvalue weighted by atomic mass is 16.5. The molecule has 1 fully saturated rings. The zero-order valence-corrected chi connectivity index (χ0v) is 16.2. The molecule has 0 atom stereocenters. The Bertz CT molecular complexity index is 1010. The molecule has 28 heavy (non-hydrogen) atoms. The van der Waals surface area contributed by atoms with Gasteiger partial charge in [0.05, 0.1) is 26.4 Å². The fourth-order valence-corrected chi connectivity index (χ4v) is 4.51. The Hall–Kier alpha value is -2.80. The van der Waals surface area contributed by atoms with Gasteiger partial charge >= 0.3 is 0 Å². The number of methoxy groups -OCH3 is 2. The molecule has 7 nitrogen and oxygen atoms in total. The van der Waals surface area contributed by atoms with Crippen LogP contribution in [0.1, 0.15) is 24.0 Å². The van der Waals surface area contributed by atoms with Gasteiger partial charge in [-0.25, -0.2) is 0 Å². The molecule has 0 radical (unpaired) electrons. The number of hydrogen-bond donors (Lipinski definition) is 0. The van der Waals surface area contributed by atoms with Crippen LogP contribution in [0.3, 0.4) is 0 Å². The van der Waals surface area contributed by atoms with E-state index in [9.17, 15) is 0 Å². The third-order valence-electron chi connectivity index (χ3n) is 6.00. The van der Waals surface area contributed by atoms with E-state index in [1.165, 1.54) is 11.1 Å². The summed E-state index contributed by atoms with van der Waals surface area (Å²) in [4.78, 5) is 2.30. The highest BCUT2D eigenvalue weighted by Crippen LogP contribution is 2.45. The van der Waals surface area contributed by atoms with Crippen LogP contribution < -0.4 is 14.4 Å². The van der Waals surface area contributed by atoms with Gasteiger partial charge in [0, 0.05) is 19.3 Å². The third-order valence-corrected chi connectivity index (χ3v) is 6.00. The molecule has 1 saturated heterocycles. The molecule has 4 heterocycles. The normalized spacial score (nSPS) is 18.3. The van der Waals surface area contributed by atoms with Gasteiger partial charge in [0.2, 0.25) is 5.95 Å². The molecule has 0 aliphatic carbocycles. The Kier molecular flexibility index (Phi) is 4.12. The van der Waals surface area contributed by atoms with Crippen molar-refractivity contribution in [1.29, 1.82) is 0 Å². The lowest BCUT2D eigenvalue weighted by atomic mass is 9.79. The van der Waals surface area contributed by atoms with Gasteiger partial charge in [0.25, 0.3) is 0 Å². The monoisotopic (exact) mass is 380 g/mol. The quantitative estimate of drug-likeness (QED) is 0.696. The van der Waals surface area contributed by atoms with Crippen LogP contribution in [0.4, 0.5) is 5.95 Å². The fraction of sp³-hybridized carbons (Fsp3) is 0.429. The van der Waals surface area contributed by atoms with Crippen molar-refractivity contribution in [2.75, 3.05) is 38.8 Å². The highest BCUT2D eigenvalue weighted by Gasteiger charge is 2.42. The van der Waals surface area contributed by atoms with Gasteiger partial charge in [0.1, 0.15) is 0 Å². The van der Waals surface area contributed by atoms with Gasteiger partial charge in [0.15, 0.2) is 17.1 Å². The Morgan fingerprint density at radius 2 is 1.82 bits per heavy atom. The lowest BCUT2D eigenvalue weighted by Gasteiger charge is -2.45. The second-order valence-corrected chi connectivity index (χ2v) is 7.37. The largest absolute Gasteiger partial charge is 0.493 e. The number of benzene rings is 1. The topological polar surface area (TPSA) is 61.1 Å². The minimum atomic E-state index is -0.274. The van der Waals surface area contributed by atoms with Gasteiger partial charge in [-0.1, -0.05) is 6.07 Å². The summed E-state index contributed by atoms with van der Waals surface area (Å²) >= 11 is 0. The number of ether oxygens (including phenoxy) is 3. The summed E-state index contributed by atoms with van der Waals surface area (Å²) in [6.45, 7) is 2.46. The zero-order chi connectivity index (χ0) is 19.1. The van der Waals surface area contributed by atoms with Gasteiger partial charge in [-0.2, -0.15) is 0 Å². The number of anilines is 1. The lowest BCUT2D eigenvalue weighted by Crippen LogP contribution is -2.47. The average molecular weight is 380 g/mol. The van der Waals surface area contributed by atoms with E-state index < -0.39 is 0 Å². The molecular weight excluding hydrogens is 356 g/mol. The molecule has 146 valence electrons. The van der Waals surface area contributed by atoms with E-state index in [1.807, 2.05) is 28.8 Å². The minimum Gasteiger partial charge on any atom is -0.493 e. The van der Waals surface area contributed by atoms with Crippen molar-refractivity contribution in [2.24, 2.45) is 0 Å². The minimum absolute atomic E-state index is 0.274. The van der Waals surface area contributed by atoms with E-state index in [1.54, 1.807) is 14.2 Å². The average Bonchev–Trinajstić information content (AvgIpc) is 3.18. The Labute approximate surface area is 163 Å². The van der Waals surface area contributed by atoms with E-state index >= 15 is 0 Å². The van der Waals surface area contributed by atoms with E-state index in [4.69, 9.17) is 14.2 Å². The third kappa shape index (κ3) is 2.61. The van der Waals surface area contributed by atoms with Crippen molar-refractivity contribution in [3.63, 3.8) is 0 Å². The number of pyridine rings is 1. The number of hydrogen-bond acceptors (Lipinski definition) is 6. The van der Waals surface area contributed by atoms with E-state index in [0.29, 0.717) is 0 Å². The second-order valence-electron chi connectivity index (χ2n) is 7.37. The first-order valence-electron chi connectivity index (χ1n) is 9.68. The lowest BCUT2D eigenvalue weighted by molar-refractivity contribution is -0.0769. The van der Waals surface area contributed by atoms with Crippen molar-refractivity contribution in [3.05, 3.63) is 47.7 Å². The summed E-state index contributed by atoms with van der Waals surface area (Å²) < 4.78 is 19.5. The summed E-state index contributed by atoms with van der Waals surface area (Å²) in [6.07, 6.45) is 4.71. The fourth-order valence-electron chi connectivity index (χ4n) is 4.51. The maximum atomic E-state index is 6.39. The molecule has 2 aliphatic heterocycles. The molecule has 3 aromatic rings. The SMILES string of the molecule is COc1cc2c(cc1OC)C1(CCN(c3nnc4ccccn34)CC1)OCC2. The predicted octanol–water partition coefficient (Wildman–Crippen LogP) is 2.81. The molecular formula is C21H24N4O3. The van der Waals surface area contributed by atoms with E-state index in [2.05, 4.69) is 27.2 Å². The first-order chi connectivity index (χ1) is 13.7. The van der Waals surface area contributed by atoms with Crippen LogP contribution in [0, 0.1) is 0 Å². The number of fused-ring (bicyclic) bond motifs is 3. The van der Waals surface area contributed by atoms with Gasteiger partial charge < -0.3 is 19.1 Å². The summed E-state index contributed by atoms with van der Waals surface area (Å²) in [5.41, 5.74) is 3.13. The number of nitrogens with zero attached hydrogens (tertiary/aromatic N) is 4. The molecule has 2 aromatic heterocycles. The Morgan fingerprint density at radius 3 is 2.61 bits per heavy atom. The van der Waals surface area contributed by atoms with Crippen molar-refractivity contribution in [2.45, 2.75) is 24.9 Å². The zero-order valence-electron chi connectivity index (χ0n) is 16.2. The van der Waals surface area contributed by atoms with Crippen LogP contribution >= 0.6 is 0 Å². The van der Waals surface area contributed by atoms with Crippen LogP contribution in [0.5, 0.6) is 11.5 Å². The summed E-state index contributed by atoms with van der Waals surface area (Å²) in [7, 11) is 3.36. The van der Waals surface area contributed by atoms with Crippen LogP contribution in [0.25, 0.3) is 5.65 Å². The summed E-state index contributed by atoms with van der Waals surface area (Å²) in [6, 6.07) is 10.2. The molecule has 0 unspecified atom stereocenters. The van der Waals surface area contributed by atoms with Crippen molar-refractivity contribution >= 4 is 11.6 Å². The van der Waals surface area contributed by atoms with Gasteiger partial charge in [-0.05, 0) is 54.7 Å². The number of aromatic nitrogens is 3. The van der Waals surface area contributed by atoms with Crippen LogP contribution in [-0.4, -0.2) is 48.5 Å². The Balaban J connectivity index is 1.45. The molecule has 0 saturated carbocycles. The van der Waals surface area contributed by atoms with E-state index in [0.717, 1.165) is 62.1 Å². The standard InChI is InChI=1S/C21H24N4O3/c1-26-17-13-15-6-12-28-21(16(15)14-18(17)27-2)7-10-24(11-8-21)20-23-22-19-5-3-4-9-25(19)20/h3-5,9,13-14H,6-8,10-12H2,1-2H3. The molecule has 0 amide bonds. The molecule has 2 aliphatic rings. The van der Waals surface area contributed by atoms with E-state index in [-0.39, 0.29) is 5.60 Å². The van der Waals surface area contributed by atoms with Crippen LogP contribution in [0.15, 0.2) is 36.5 Å². The highest BCUT2D eigenvalue weighted by molar-refractivity contribution is 5.51. The van der Waals surface area contributed by atoms with Crippen molar-refractivity contribution in [3.8, 4) is 11.5 Å². The first kappa shape index (κ1) is 17.3. The maximum Gasteiger partial charge on any atom is 0.231 e. The van der Waals surface area contributed by atoms with Crippen molar-refractivity contribution in [1.82, 2.24) is 14.6 Å². The second kappa shape index (κ2) is 6.67. The smallest absolute Gasteiger partial charge is 0.231 e. The number of piperidine rings is 1. The first-order valence-corrected chi connectivity index (χ1v) is 9.68.